The molecule has 1 heterocycles. The molecule has 0 bridgehead atoms. The SMILES string of the molecule is Cc1cc(C)c(-c2c3ccccc3[n+](-c3ccccc3)c3ccccc23)c(C)c1.[O-][Cl+3]([O-])([O-])[O-]. The maximum Gasteiger partial charge on any atom is 0.219 e. The molecule has 0 N–H and O–H groups in total. The van der Waals surface area contributed by atoms with E-state index in [2.05, 4.69) is 116 Å². The van der Waals surface area contributed by atoms with E-state index in [0.29, 0.717) is 0 Å². The highest BCUT2D eigenvalue weighted by Crippen LogP contribution is 2.38. The van der Waals surface area contributed by atoms with Gasteiger partial charge in [0.15, 0.2) is 0 Å². The van der Waals surface area contributed by atoms with Gasteiger partial charge in [-0.1, -0.05) is 60.2 Å². The standard InChI is InChI=1S/C28H24N.ClHO4/c1-19-17-20(2)27(21(3)18-19)28-23-13-7-9-15-25(23)29(22-11-5-4-6-12-22)26-16-10-8-14-24(26)28;2-1(3,4)5/h4-18H,1-3H3;(H,2,3,4,5)/q+1;/p-1. The molecular weight excluding hydrogens is 450 g/mol. The molecule has 0 radical (unpaired) electrons. The van der Waals surface area contributed by atoms with Crippen molar-refractivity contribution in [1.29, 1.82) is 0 Å². The number of aromatic nitrogens is 1. The van der Waals surface area contributed by atoms with E-state index in [-0.39, 0.29) is 0 Å². The minimum atomic E-state index is -4.94. The van der Waals surface area contributed by atoms with Crippen LogP contribution in [0.3, 0.4) is 0 Å². The normalized spacial score (nSPS) is 11.4. The molecule has 0 unspecified atom stereocenters. The molecule has 5 nitrogen and oxygen atoms in total. The Kier molecular flexibility index (Phi) is 6.66. The highest BCUT2D eigenvalue weighted by Gasteiger charge is 2.24. The summed E-state index contributed by atoms with van der Waals surface area (Å²) in [7, 11) is -4.94. The molecule has 0 aliphatic heterocycles. The fraction of sp³-hybridized carbons (Fsp3) is 0.107. The molecule has 6 heteroatoms. The lowest BCUT2D eigenvalue weighted by molar-refractivity contribution is -2.00. The van der Waals surface area contributed by atoms with Gasteiger partial charge in [0.1, 0.15) is 0 Å². The topological polar surface area (TPSA) is 96.1 Å². The van der Waals surface area contributed by atoms with E-state index in [0.717, 1.165) is 0 Å². The minimum absolute atomic E-state index is 1.18. The number of aryl methyl sites for hydroxylation is 3. The molecule has 5 rings (SSSR count). The molecule has 0 atom stereocenters. The van der Waals surface area contributed by atoms with Crippen molar-refractivity contribution < 1.29 is 33.4 Å². The largest absolute Gasteiger partial charge is 0.222 e. The molecule has 1 aromatic heterocycles. The summed E-state index contributed by atoms with van der Waals surface area (Å²) in [6.45, 7) is 6.64. The van der Waals surface area contributed by atoms with Crippen LogP contribution in [0, 0.1) is 31.0 Å². The van der Waals surface area contributed by atoms with Gasteiger partial charge in [0, 0.05) is 29.8 Å². The van der Waals surface area contributed by atoms with Gasteiger partial charge in [-0.3, -0.25) is 0 Å². The lowest BCUT2D eigenvalue weighted by atomic mass is 9.89. The number of rotatable bonds is 2. The van der Waals surface area contributed by atoms with Gasteiger partial charge in [0.25, 0.3) is 0 Å². The van der Waals surface area contributed by atoms with E-state index in [9.17, 15) is 0 Å². The predicted octanol–water partition coefficient (Wildman–Crippen LogP) is 2.11. The Hall–Kier alpha value is -3.32. The van der Waals surface area contributed by atoms with E-state index in [1.165, 1.54) is 55.3 Å². The van der Waals surface area contributed by atoms with Crippen LogP contribution in [0.1, 0.15) is 16.7 Å². The van der Waals surface area contributed by atoms with E-state index < -0.39 is 10.2 Å². The second-order valence-corrected chi connectivity index (χ2v) is 8.99. The molecule has 0 fully saturated rings. The van der Waals surface area contributed by atoms with Crippen LogP contribution in [0.25, 0.3) is 38.6 Å². The number of hydrogen-bond acceptors (Lipinski definition) is 4. The zero-order valence-corrected chi connectivity index (χ0v) is 19.9. The zero-order valence-electron chi connectivity index (χ0n) is 19.1. The van der Waals surface area contributed by atoms with E-state index in [4.69, 9.17) is 18.6 Å². The minimum Gasteiger partial charge on any atom is -0.222 e. The van der Waals surface area contributed by atoms with Crippen molar-refractivity contribution in [3.8, 4) is 16.8 Å². The number of halogens is 1. The molecule has 172 valence electrons. The third-order valence-corrected chi connectivity index (χ3v) is 5.77. The molecular formula is C28H24ClNO4. The molecule has 0 aliphatic carbocycles. The van der Waals surface area contributed by atoms with E-state index in [1.54, 1.807) is 0 Å². The van der Waals surface area contributed by atoms with Crippen molar-refractivity contribution >= 4 is 21.8 Å². The maximum absolute atomic E-state index is 8.49. The van der Waals surface area contributed by atoms with Gasteiger partial charge >= 0.3 is 0 Å². The molecule has 4 aromatic carbocycles. The number of pyridine rings is 1. The second-order valence-electron chi connectivity index (χ2n) is 8.23. The Labute approximate surface area is 200 Å². The van der Waals surface area contributed by atoms with Gasteiger partial charge < -0.3 is 0 Å². The van der Waals surface area contributed by atoms with Crippen LogP contribution in [-0.2, 0) is 0 Å². The van der Waals surface area contributed by atoms with Crippen molar-refractivity contribution in [3.63, 3.8) is 0 Å². The van der Waals surface area contributed by atoms with Crippen LogP contribution in [0.15, 0.2) is 91.0 Å². The smallest absolute Gasteiger partial charge is 0.219 e. The summed E-state index contributed by atoms with van der Waals surface area (Å²) < 4.78 is 36.4. The van der Waals surface area contributed by atoms with Crippen molar-refractivity contribution in [2.24, 2.45) is 0 Å². The average molecular weight is 474 g/mol. The Balaban J connectivity index is 0.000000499. The highest BCUT2D eigenvalue weighted by molar-refractivity contribution is 6.08. The molecule has 0 amide bonds. The molecule has 0 saturated carbocycles. The first kappa shape index (κ1) is 23.8. The molecule has 0 aliphatic rings. The molecule has 5 aromatic rings. The summed E-state index contributed by atoms with van der Waals surface area (Å²) in [6, 6.07) is 32.8. The fourth-order valence-electron chi connectivity index (χ4n) is 4.73. The first-order valence-corrected chi connectivity index (χ1v) is 12.0. The average Bonchev–Trinajstić information content (AvgIpc) is 2.77. The fourth-order valence-corrected chi connectivity index (χ4v) is 4.73. The van der Waals surface area contributed by atoms with Crippen LogP contribution >= 0.6 is 0 Å². The number of benzene rings is 4. The predicted molar refractivity (Wildman–Crippen MR) is 123 cm³/mol. The summed E-state index contributed by atoms with van der Waals surface area (Å²) in [5.74, 6) is 0. The Morgan fingerprint density at radius 1 is 0.559 bits per heavy atom. The third-order valence-electron chi connectivity index (χ3n) is 5.77. The first-order valence-electron chi connectivity index (χ1n) is 10.8. The van der Waals surface area contributed by atoms with Gasteiger partial charge in [-0.2, -0.15) is 4.57 Å². The van der Waals surface area contributed by atoms with Gasteiger partial charge in [0.05, 0.1) is 10.8 Å². The Morgan fingerprint density at radius 2 is 0.971 bits per heavy atom. The Bertz CT molecular complexity index is 1390. The Morgan fingerprint density at radius 3 is 1.44 bits per heavy atom. The van der Waals surface area contributed by atoms with Gasteiger partial charge in [-0.25, -0.2) is 18.6 Å². The maximum atomic E-state index is 8.49. The first-order chi connectivity index (χ1) is 16.1. The summed E-state index contributed by atoms with van der Waals surface area (Å²) in [5, 5.41) is 2.57. The quantitative estimate of drug-likeness (QED) is 0.290. The third kappa shape index (κ3) is 4.94. The van der Waals surface area contributed by atoms with Crippen molar-refractivity contribution in [2.45, 2.75) is 20.8 Å². The van der Waals surface area contributed by atoms with Crippen LogP contribution < -0.4 is 23.2 Å². The van der Waals surface area contributed by atoms with Crippen LogP contribution in [-0.4, -0.2) is 0 Å². The van der Waals surface area contributed by atoms with E-state index >= 15 is 0 Å². The highest BCUT2D eigenvalue weighted by atomic mass is 35.7. The summed E-state index contributed by atoms with van der Waals surface area (Å²) in [4.78, 5) is 0. The number of nitrogens with zero attached hydrogens (tertiary/aromatic N) is 1. The monoisotopic (exact) mass is 473 g/mol. The lowest BCUT2D eigenvalue weighted by Crippen LogP contribution is -2.68. The number of fused-ring (bicyclic) bond motifs is 2. The van der Waals surface area contributed by atoms with Gasteiger partial charge in [-0.15, -0.1) is 10.2 Å². The molecule has 0 spiro atoms. The lowest BCUT2D eigenvalue weighted by Gasteiger charge is -2.17. The number of hydrogen-bond donors (Lipinski definition) is 0. The summed E-state index contributed by atoms with van der Waals surface area (Å²) >= 11 is 0. The van der Waals surface area contributed by atoms with Crippen molar-refractivity contribution in [3.05, 3.63) is 108 Å². The van der Waals surface area contributed by atoms with Crippen LogP contribution in [0.5, 0.6) is 0 Å². The van der Waals surface area contributed by atoms with Crippen molar-refractivity contribution in [1.82, 2.24) is 0 Å². The van der Waals surface area contributed by atoms with Crippen LogP contribution in [0.2, 0.25) is 0 Å². The van der Waals surface area contributed by atoms with Crippen molar-refractivity contribution in [2.75, 3.05) is 0 Å². The molecule has 34 heavy (non-hydrogen) atoms. The van der Waals surface area contributed by atoms with Crippen LogP contribution in [0.4, 0.5) is 0 Å². The van der Waals surface area contributed by atoms with Gasteiger partial charge in [-0.05, 0) is 49.6 Å². The second kappa shape index (κ2) is 9.50. The molecule has 0 saturated heterocycles. The summed E-state index contributed by atoms with van der Waals surface area (Å²) in [6.07, 6.45) is 0. The van der Waals surface area contributed by atoms with Gasteiger partial charge in [0.2, 0.25) is 16.7 Å². The summed E-state index contributed by atoms with van der Waals surface area (Å²) in [5.41, 5.74) is 10.3. The zero-order chi connectivity index (χ0) is 24.5. The number of para-hydroxylation sites is 3. The van der Waals surface area contributed by atoms with E-state index in [1.807, 2.05) is 0 Å².